The van der Waals surface area contributed by atoms with Crippen molar-refractivity contribution >= 4 is 16.6 Å². The average Bonchev–Trinajstić information content (AvgIpc) is 2.17. The molecule has 0 unspecified atom stereocenters. The average molecular weight is 183 g/mol. The number of hydrogen-bond donors (Lipinski definition) is 0. The highest BCUT2D eigenvalue weighted by Crippen LogP contribution is 2.15. The van der Waals surface area contributed by atoms with Crippen LogP contribution in [-0.2, 0) is 11.2 Å². The molecular formula is C13H11O. The van der Waals surface area contributed by atoms with Gasteiger partial charge < -0.3 is 0 Å². The van der Waals surface area contributed by atoms with Crippen molar-refractivity contribution in [3.05, 3.63) is 48.0 Å². The van der Waals surface area contributed by atoms with Crippen LogP contribution in [0.3, 0.4) is 0 Å². The van der Waals surface area contributed by atoms with Gasteiger partial charge >= 0.3 is 0 Å². The van der Waals surface area contributed by atoms with Gasteiger partial charge in [0, 0.05) is 6.42 Å². The first-order valence-electron chi connectivity index (χ1n) is 4.65. The van der Waals surface area contributed by atoms with E-state index in [9.17, 15) is 4.79 Å². The molecule has 0 amide bonds. The summed E-state index contributed by atoms with van der Waals surface area (Å²) >= 11 is 0. The van der Waals surface area contributed by atoms with Crippen LogP contribution in [0.1, 0.15) is 12.5 Å². The summed E-state index contributed by atoms with van der Waals surface area (Å²) in [6.07, 6.45) is 0.477. The van der Waals surface area contributed by atoms with Gasteiger partial charge in [-0.05, 0) is 29.3 Å². The van der Waals surface area contributed by atoms with Crippen LogP contribution in [-0.4, -0.2) is 5.78 Å². The van der Waals surface area contributed by atoms with Crippen molar-refractivity contribution in [2.75, 3.05) is 0 Å². The van der Waals surface area contributed by atoms with E-state index in [1.165, 1.54) is 5.39 Å². The van der Waals surface area contributed by atoms with Gasteiger partial charge in [-0.1, -0.05) is 36.4 Å². The normalized spacial score (nSPS) is 10.4. The lowest BCUT2D eigenvalue weighted by Gasteiger charge is -2.00. The maximum atomic E-state index is 10.9. The van der Waals surface area contributed by atoms with Crippen LogP contribution in [0.25, 0.3) is 10.8 Å². The molecule has 14 heavy (non-hydrogen) atoms. The highest BCUT2D eigenvalue weighted by atomic mass is 16.1. The number of ketones is 1. The molecule has 0 aliphatic heterocycles. The maximum absolute atomic E-state index is 10.9. The van der Waals surface area contributed by atoms with Crippen LogP contribution in [0, 0.1) is 6.07 Å². The third-order valence-corrected chi connectivity index (χ3v) is 2.16. The quantitative estimate of drug-likeness (QED) is 0.699. The second-order valence-corrected chi connectivity index (χ2v) is 3.45. The molecule has 0 bridgehead atoms. The van der Waals surface area contributed by atoms with Crippen molar-refractivity contribution in [1.82, 2.24) is 0 Å². The SMILES string of the molecule is CC(=O)Cc1[c]c2ccccc2cc1. The van der Waals surface area contributed by atoms with E-state index >= 15 is 0 Å². The van der Waals surface area contributed by atoms with Crippen LogP contribution in [0.5, 0.6) is 0 Å². The van der Waals surface area contributed by atoms with Gasteiger partial charge in [-0.2, -0.15) is 0 Å². The van der Waals surface area contributed by atoms with E-state index in [4.69, 9.17) is 0 Å². The molecule has 2 rings (SSSR count). The number of carbonyl (C=O) groups excluding carboxylic acids is 1. The van der Waals surface area contributed by atoms with E-state index in [-0.39, 0.29) is 5.78 Å². The molecule has 0 aliphatic rings. The molecule has 0 heterocycles. The first-order chi connectivity index (χ1) is 6.75. The van der Waals surface area contributed by atoms with E-state index in [1.54, 1.807) is 6.92 Å². The first kappa shape index (κ1) is 8.95. The number of rotatable bonds is 2. The van der Waals surface area contributed by atoms with Crippen molar-refractivity contribution in [2.24, 2.45) is 0 Å². The highest BCUT2D eigenvalue weighted by molar-refractivity contribution is 5.84. The van der Waals surface area contributed by atoms with Crippen molar-refractivity contribution < 1.29 is 4.79 Å². The molecule has 0 N–H and O–H groups in total. The van der Waals surface area contributed by atoms with Gasteiger partial charge in [-0.25, -0.2) is 0 Å². The third-order valence-electron chi connectivity index (χ3n) is 2.16. The predicted molar refractivity (Wildman–Crippen MR) is 57.2 cm³/mol. The standard InChI is InChI=1S/C13H11O/c1-10(14)8-11-6-7-12-4-2-3-5-13(12)9-11/h2-7H,8H2,1H3. The van der Waals surface area contributed by atoms with Crippen molar-refractivity contribution in [2.45, 2.75) is 13.3 Å². The van der Waals surface area contributed by atoms with Crippen molar-refractivity contribution in [3.63, 3.8) is 0 Å². The first-order valence-corrected chi connectivity index (χ1v) is 4.65. The van der Waals surface area contributed by atoms with Gasteiger partial charge in [0.25, 0.3) is 0 Å². The number of hydrogen-bond acceptors (Lipinski definition) is 1. The fourth-order valence-electron chi connectivity index (χ4n) is 1.53. The number of carbonyl (C=O) groups is 1. The molecule has 0 saturated heterocycles. The van der Waals surface area contributed by atoms with E-state index in [1.807, 2.05) is 36.4 Å². The Hall–Kier alpha value is -1.63. The van der Waals surface area contributed by atoms with Crippen LogP contribution < -0.4 is 0 Å². The molecule has 0 atom stereocenters. The lowest BCUT2D eigenvalue weighted by molar-refractivity contribution is -0.116. The summed E-state index contributed by atoms with van der Waals surface area (Å²) in [4.78, 5) is 10.9. The Kier molecular flexibility index (Phi) is 2.32. The van der Waals surface area contributed by atoms with Crippen LogP contribution in [0.15, 0.2) is 36.4 Å². The molecule has 69 valence electrons. The second kappa shape index (κ2) is 3.62. The number of Topliss-reactive ketones (excluding diaryl/α,β-unsaturated/α-hetero) is 1. The van der Waals surface area contributed by atoms with E-state index in [2.05, 4.69) is 6.07 Å². The van der Waals surface area contributed by atoms with E-state index < -0.39 is 0 Å². The summed E-state index contributed by atoms with van der Waals surface area (Å²) in [5.41, 5.74) is 0.969. The molecule has 0 fully saturated rings. The topological polar surface area (TPSA) is 17.1 Å². The van der Waals surface area contributed by atoms with Gasteiger partial charge in [-0.3, -0.25) is 4.79 Å². The molecule has 2 aromatic rings. The minimum Gasteiger partial charge on any atom is -0.300 e. The lowest BCUT2D eigenvalue weighted by Crippen LogP contribution is -1.95. The molecule has 0 saturated carbocycles. The van der Waals surface area contributed by atoms with Gasteiger partial charge in [0.05, 0.1) is 0 Å². The number of benzene rings is 2. The monoisotopic (exact) mass is 183 g/mol. The zero-order chi connectivity index (χ0) is 9.97. The molecule has 2 aromatic carbocycles. The Bertz CT molecular complexity index is 471. The molecule has 1 radical (unpaired) electrons. The predicted octanol–water partition coefficient (Wildman–Crippen LogP) is 2.77. The highest BCUT2D eigenvalue weighted by Gasteiger charge is 1.99. The Morgan fingerprint density at radius 3 is 2.79 bits per heavy atom. The van der Waals surface area contributed by atoms with Crippen LogP contribution in [0.4, 0.5) is 0 Å². The minimum absolute atomic E-state index is 0.177. The Morgan fingerprint density at radius 1 is 1.21 bits per heavy atom. The minimum atomic E-state index is 0.177. The molecular weight excluding hydrogens is 172 g/mol. The summed E-state index contributed by atoms with van der Waals surface area (Å²) < 4.78 is 0. The molecule has 1 heteroatoms. The maximum Gasteiger partial charge on any atom is 0.134 e. The fourth-order valence-corrected chi connectivity index (χ4v) is 1.53. The largest absolute Gasteiger partial charge is 0.300 e. The summed E-state index contributed by atoms with van der Waals surface area (Å²) in [5.74, 6) is 0.177. The van der Waals surface area contributed by atoms with Gasteiger partial charge in [0.15, 0.2) is 0 Å². The second-order valence-electron chi connectivity index (χ2n) is 3.45. The van der Waals surface area contributed by atoms with Gasteiger partial charge in [-0.15, -0.1) is 0 Å². The summed E-state index contributed by atoms with van der Waals surface area (Å²) in [7, 11) is 0. The summed E-state index contributed by atoms with van der Waals surface area (Å²) in [6.45, 7) is 1.60. The van der Waals surface area contributed by atoms with Crippen molar-refractivity contribution in [3.8, 4) is 0 Å². The third kappa shape index (κ3) is 1.82. The molecule has 0 spiro atoms. The smallest absolute Gasteiger partial charge is 0.134 e. The van der Waals surface area contributed by atoms with Crippen molar-refractivity contribution in [1.29, 1.82) is 0 Å². The Balaban J connectivity index is 2.46. The summed E-state index contributed by atoms with van der Waals surface area (Å²) in [5, 5.41) is 2.24. The van der Waals surface area contributed by atoms with Gasteiger partial charge in [0.2, 0.25) is 0 Å². The van der Waals surface area contributed by atoms with Crippen LogP contribution in [0.2, 0.25) is 0 Å². The molecule has 0 aromatic heterocycles. The number of fused-ring (bicyclic) bond motifs is 1. The van der Waals surface area contributed by atoms with Gasteiger partial charge in [0.1, 0.15) is 5.78 Å². The fraction of sp³-hybridized carbons (Fsp3) is 0.154. The Labute approximate surface area is 83.4 Å². The van der Waals surface area contributed by atoms with E-state index in [0.717, 1.165) is 10.9 Å². The molecule has 0 aliphatic carbocycles. The van der Waals surface area contributed by atoms with Crippen LogP contribution >= 0.6 is 0 Å². The zero-order valence-corrected chi connectivity index (χ0v) is 8.08. The summed E-state index contributed by atoms with van der Waals surface area (Å²) in [6, 6.07) is 15.3. The van der Waals surface area contributed by atoms with E-state index in [0.29, 0.717) is 6.42 Å². The zero-order valence-electron chi connectivity index (χ0n) is 8.08. The molecule has 1 nitrogen and oxygen atoms in total. The lowest BCUT2D eigenvalue weighted by atomic mass is 10.0. The Morgan fingerprint density at radius 2 is 2.00 bits per heavy atom.